The zero-order chi connectivity index (χ0) is 27.5. The molecule has 1 fully saturated rings. The summed E-state index contributed by atoms with van der Waals surface area (Å²) in [4.78, 5) is 28.5. The molecule has 16 heteroatoms. The second-order valence-corrected chi connectivity index (χ2v) is 9.14. The van der Waals surface area contributed by atoms with Crippen molar-refractivity contribution in [2.45, 2.75) is 24.6 Å². The Hall–Kier alpha value is -4.00. The van der Waals surface area contributed by atoms with Crippen molar-refractivity contribution in [3.8, 4) is 11.8 Å². The zero-order valence-corrected chi connectivity index (χ0v) is 19.6. The van der Waals surface area contributed by atoms with E-state index in [1.165, 1.54) is 11.8 Å². The van der Waals surface area contributed by atoms with Gasteiger partial charge in [-0.25, -0.2) is 31.7 Å². The normalized spacial score (nSPS) is 14.1. The van der Waals surface area contributed by atoms with Gasteiger partial charge < -0.3 is 14.4 Å². The quantitative estimate of drug-likeness (QED) is 0.390. The second kappa shape index (κ2) is 10.5. The minimum Gasteiger partial charge on any atom is -0.462 e. The van der Waals surface area contributed by atoms with Gasteiger partial charge in [-0.05, 0) is 25.1 Å². The number of benzene rings is 1. The Balaban J connectivity index is 1.78. The maximum Gasteiger partial charge on any atom is 0.573 e. The molecule has 0 bridgehead atoms. The lowest BCUT2D eigenvalue weighted by molar-refractivity contribution is -0.275. The van der Waals surface area contributed by atoms with Gasteiger partial charge in [0.05, 0.1) is 23.7 Å². The van der Waals surface area contributed by atoms with Gasteiger partial charge in [0.25, 0.3) is 16.4 Å². The summed E-state index contributed by atoms with van der Waals surface area (Å²) in [6.07, 6.45) is -8.38. The van der Waals surface area contributed by atoms with Gasteiger partial charge in [-0.3, -0.25) is 4.79 Å². The van der Waals surface area contributed by atoms with Crippen molar-refractivity contribution in [2.24, 2.45) is 5.92 Å². The number of sulfonamides is 1. The lowest BCUT2D eigenvalue weighted by atomic mass is 9.98. The highest BCUT2D eigenvalue weighted by Gasteiger charge is 2.39. The molecule has 0 atom stereocenters. The fourth-order valence-corrected chi connectivity index (χ4v) is 4.52. The molecule has 1 aliphatic rings. The predicted octanol–water partition coefficient (Wildman–Crippen LogP) is 2.91. The Bertz CT molecular complexity index is 1350. The van der Waals surface area contributed by atoms with Crippen molar-refractivity contribution in [3.63, 3.8) is 0 Å². The number of rotatable bonds is 8. The van der Waals surface area contributed by atoms with E-state index in [0.29, 0.717) is 0 Å². The van der Waals surface area contributed by atoms with Crippen LogP contribution >= 0.6 is 0 Å². The van der Waals surface area contributed by atoms with Gasteiger partial charge >= 0.3 is 12.3 Å². The average Bonchev–Trinajstić information content (AvgIpc) is 2.76. The van der Waals surface area contributed by atoms with Crippen LogP contribution in [0.3, 0.4) is 0 Å². The third-order valence-corrected chi connectivity index (χ3v) is 6.39. The number of amides is 1. The SMILES string of the molecule is CCOC(=O)c1cc(C#N)c(N2CC(C(=O)NS(=O)(=O)c3ccccc3OC(F)(F)F)C2)nc1C(F)F. The molecule has 1 aliphatic heterocycles. The van der Waals surface area contributed by atoms with Crippen LogP contribution in [0.2, 0.25) is 0 Å². The summed E-state index contributed by atoms with van der Waals surface area (Å²) in [5.41, 5.74) is -1.81. The van der Waals surface area contributed by atoms with Gasteiger partial charge in [0, 0.05) is 13.1 Å². The van der Waals surface area contributed by atoms with Crippen molar-refractivity contribution in [2.75, 3.05) is 24.6 Å². The summed E-state index contributed by atoms with van der Waals surface area (Å²) in [5, 5.41) is 9.41. The van der Waals surface area contributed by atoms with Gasteiger partial charge in [-0.1, -0.05) is 12.1 Å². The Kier molecular flexibility index (Phi) is 7.86. The third-order valence-electron chi connectivity index (χ3n) is 5.01. The molecule has 0 aliphatic carbocycles. The molecule has 37 heavy (non-hydrogen) atoms. The van der Waals surface area contributed by atoms with Gasteiger partial charge in [0.2, 0.25) is 5.91 Å². The molecular weight excluding hydrogens is 531 g/mol. The third kappa shape index (κ3) is 6.23. The molecule has 3 rings (SSSR count). The maximum atomic E-state index is 13.5. The topological polar surface area (TPSA) is 139 Å². The number of halogens is 5. The van der Waals surface area contributed by atoms with Crippen molar-refractivity contribution in [3.05, 3.63) is 47.2 Å². The van der Waals surface area contributed by atoms with Crippen molar-refractivity contribution in [1.82, 2.24) is 9.71 Å². The first-order chi connectivity index (χ1) is 17.3. The highest BCUT2D eigenvalue weighted by Crippen LogP contribution is 2.33. The molecule has 0 unspecified atom stereocenters. The first-order valence-corrected chi connectivity index (χ1v) is 11.8. The molecule has 1 saturated heterocycles. The van der Waals surface area contributed by atoms with Crippen molar-refractivity contribution >= 4 is 27.7 Å². The van der Waals surface area contributed by atoms with Crippen LogP contribution in [0.15, 0.2) is 35.2 Å². The van der Waals surface area contributed by atoms with E-state index in [2.05, 4.69) is 9.72 Å². The zero-order valence-electron chi connectivity index (χ0n) is 18.8. The molecule has 1 aromatic carbocycles. The van der Waals surface area contributed by atoms with E-state index in [0.717, 1.165) is 30.3 Å². The summed E-state index contributed by atoms with van der Waals surface area (Å²) in [7, 11) is -4.78. The predicted molar refractivity (Wildman–Crippen MR) is 114 cm³/mol. The molecule has 0 radical (unpaired) electrons. The largest absolute Gasteiger partial charge is 0.573 e. The molecule has 1 amide bonds. The van der Waals surface area contributed by atoms with Crippen LogP contribution in [0.1, 0.15) is 35.0 Å². The van der Waals surface area contributed by atoms with Gasteiger partial charge in [-0.2, -0.15) is 5.26 Å². The number of hydrogen-bond acceptors (Lipinski definition) is 9. The fourth-order valence-electron chi connectivity index (χ4n) is 3.35. The fraction of sp³-hybridized carbons (Fsp3) is 0.333. The molecule has 1 N–H and O–H groups in total. The lowest BCUT2D eigenvalue weighted by Crippen LogP contribution is -2.55. The van der Waals surface area contributed by atoms with E-state index in [1.807, 2.05) is 0 Å². The van der Waals surface area contributed by atoms with Crippen LogP contribution in [0.5, 0.6) is 5.75 Å². The Morgan fingerprint density at radius 2 is 1.92 bits per heavy atom. The number of pyridine rings is 1. The molecule has 2 heterocycles. The number of nitrogens with zero attached hydrogens (tertiary/aromatic N) is 3. The van der Waals surface area contributed by atoms with Crippen molar-refractivity contribution < 1.29 is 49.4 Å². The average molecular weight is 548 g/mol. The highest BCUT2D eigenvalue weighted by atomic mass is 32.2. The van der Waals surface area contributed by atoms with E-state index in [9.17, 15) is 45.2 Å². The Morgan fingerprint density at radius 3 is 2.49 bits per heavy atom. The Labute approximate surface area is 206 Å². The standard InChI is InChI=1S/C21H17F5N4O6S/c1-2-35-20(32)13-7-11(8-27)18(28-16(13)17(22)23)30-9-12(10-30)19(31)29-37(33,34)15-6-4-3-5-14(15)36-21(24,25)26/h3-7,12,17H,2,9-10H2,1H3,(H,29,31). The second-order valence-electron chi connectivity index (χ2n) is 7.49. The van der Waals surface area contributed by atoms with Crippen LogP contribution in [0, 0.1) is 17.2 Å². The van der Waals surface area contributed by atoms with Crippen LogP contribution in [0.4, 0.5) is 27.8 Å². The van der Waals surface area contributed by atoms with Crippen LogP contribution in [-0.2, 0) is 19.6 Å². The van der Waals surface area contributed by atoms with E-state index in [1.54, 1.807) is 10.8 Å². The van der Waals surface area contributed by atoms with E-state index in [-0.39, 0.29) is 31.1 Å². The van der Waals surface area contributed by atoms with Crippen LogP contribution in [0.25, 0.3) is 0 Å². The maximum absolute atomic E-state index is 13.5. The number of anilines is 1. The van der Waals surface area contributed by atoms with E-state index in [4.69, 9.17) is 4.74 Å². The first-order valence-electron chi connectivity index (χ1n) is 10.3. The number of nitriles is 1. The van der Waals surface area contributed by atoms with Gasteiger partial charge in [0.1, 0.15) is 28.2 Å². The molecule has 10 nitrogen and oxygen atoms in total. The first kappa shape index (κ1) is 27.6. The number of hydrogen-bond donors (Lipinski definition) is 1. The molecule has 2 aromatic rings. The summed E-state index contributed by atoms with van der Waals surface area (Å²) < 4.78 is 100. The smallest absolute Gasteiger partial charge is 0.462 e. The monoisotopic (exact) mass is 548 g/mol. The van der Waals surface area contributed by atoms with Crippen LogP contribution < -0.4 is 14.4 Å². The molecule has 198 valence electrons. The Morgan fingerprint density at radius 1 is 1.27 bits per heavy atom. The highest BCUT2D eigenvalue weighted by molar-refractivity contribution is 7.90. The number of esters is 1. The lowest BCUT2D eigenvalue weighted by Gasteiger charge is -2.39. The summed E-state index contributed by atoms with van der Waals surface area (Å²) >= 11 is 0. The number of alkyl halides is 5. The minimum absolute atomic E-state index is 0.107. The number of carbonyl (C=O) groups excluding carboxylic acids is 2. The summed E-state index contributed by atoms with van der Waals surface area (Å²) in [6, 6.07) is 6.40. The number of para-hydroxylation sites is 1. The molecule has 0 saturated carbocycles. The number of nitrogens with one attached hydrogen (secondary N) is 1. The summed E-state index contributed by atoms with van der Waals surface area (Å²) in [5.74, 6) is -4.54. The van der Waals surface area contributed by atoms with E-state index < -0.39 is 62.5 Å². The van der Waals surface area contributed by atoms with Crippen LogP contribution in [-0.4, -0.2) is 51.3 Å². The molecule has 1 aromatic heterocycles. The molecule has 0 spiro atoms. The minimum atomic E-state index is -5.19. The number of aromatic nitrogens is 1. The van der Waals surface area contributed by atoms with Crippen molar-refractivity contribution in [1.29, 1.82) is 5.26 Å². The number of ether oxygens (including phenoxy) is 2. The molecular formula is C21H17F5N4O6S. The van der Waals surface area contributed by atoms with E-state index >= 15 is 0 Å². The van der Waals surface area contributed by atoms with Gasteiger partial charge in [-0.15, -0.1) is 13.2 Å². The van der Waals surface area contributed by atoms with Gasteiger partial charge in [0.15, 0.2) is 0 Å². The number of carbonyl (C=O) groups is 2. The summed E-state index contributed by atoms with van der Waals surface area (Å²) in [6.45, 7) is 0.834.